The monoisotopic (exact) mass is 312 g/mol. The van der Waals surface area contributed by atoms with Crippen LogP contribution in [0.25, 0.3) is 0 Å². The summed E-state index contributed by atoms with van der Waals surface area (Å²) in [5, 5.41) is 12.0. The molecule has 0 saturated carbocycles. The quantitative estimate of drug-likeness (QED) is 0.883. The zero-order valence-electron chi connectivity index (χ0n) is 13.1. The lowest BCUT2D eigenvalue weighted by Gasteiger charge is -2.24. The molecule has 0 radical (unpaired) electrons. The average molecular weight is 312 g/mol. The van der Waals surface area contributed by atoms with Crippen molar-refractivity contribution in [3.8, 4) is 0 Å². The van der Waals surface area contributed by atoms with Crippen molar-refractivity contribution in [2.24, 2.45) is 0 Å². The molecule has 1 aliphatic rings. The van der Waals surface area contributed by atoms with Crippen molar-refractivity contribution in [1.82, 2.24) is 14.9 Å². The lowest BCUT2D eigenvalue weighted by Crippen LogP contribution is -2.23. The summed E-state index contributed by atoms with van der Waals surface area (Å²) < 4.78 is 0. The molecule has 23 heavy (non-hydrogen) atoms. The molecular weight excluding hydrogens is 292 g/mol. The molecule has 3 rings (SSSR count). The van der Waals surface area contributed by atoms with E-state index in [0.29, 0.717) is 5.56 Å². The van der Waals surface area contributed by atoms with Crippen LogP contribution in [0.3, 0.4) is 0 Å². The van der Waals surface area contributed by atoms with Gasteiger partial charge < -0.3 is 10.4 Å². The maximum atomic E-state index is 10.9. The Bertz CT molecular complexity index is 687. The average Bonchev–Trinajstić information content (AvgIpc) is 3.03. The minimum Gasteiger partial charge on any atom is -0.478 e. The molecule has 0 aliphatic carbocycles. The standard InChI is InChI=1S/C17H20N4O2/c1-18-16-10-19-9-14(20-16)15-3-2-8-21(15)11-12-4-6-13(7-5-12)17(22)23/h4-7,9-10,15H,2-3,8,11H2,1H3,(H,18,20)(H,22,23). The molecule has 0 amide bonds. The van der Waals surface area contributed by atoms with E-state index in [1.165, 1.54) is 0 Å². The third-order valence-corrected chi connectivity index (χ3v) is 4.20. The van der Waals surface area contributed by atoms with Crippen LogP contribution in [0.2, 0.25) is 0 Å². The lowest BCUT2D eigenvalue weighted by atomic mass is 10.1. The molecule has 1 unspecified atom stereocenters. The molecule has 1 aliphatic heterocycles. The van der Waals surface area contributed by atoms with Crippen LogP contribution >= 0.6 is 0 Å². The number of anilines is 1. The number of hydrogen-bond donors (Lipinski definition) is 2. The maximum absolute atomic E-state index is 10.9. The van der Waals surface area contributed by atoms with Crippen molar-refractivity contribution in [2.75, 3.05) is 18.9 Å². The Kier molecular flexibility index (Phi) is 4.52. The second kappa shape index (κ2) is 6.75. The predicted octanol–water partition coefficient (Wildman–Crippen LogP) is 2.55. The Morgan fingerprint density at radius 3 is 2.83 bits per heavy atom. The first-order valence-corrected chi connectivity index (χ1v) is 7.73. The number of benzene rings is 1. The molecule has 2 N–H and O–H groups in total. The first kappa shape index (κ1) is 15.4. The van der Waals surface area contributed by atoms with E-state index in [9.17, 15) is 4.79 Å². The second-order valence-electron chi connectivity index (χ2n) is 5.71. The van der Waals surface area contributed by atoms with Gasteiger partial charge in [-0.3, -0.25) is 9.88 Å². The third kappa shape index (κ3) is 3.48. The first-order chi connectivity index (χ1) is 11.2. The van der Waals surface area contributed by atoms with Gasteiger partial charge in [0.1, 0.15) is 5.82 Å². The van der Waals surface area contributed by atoms with E-state index in [0.717, 1.165) is 43.0 Å². The normalized spacial score (nSPS) is 18.0. The smallest absolute Gasteiger partial charge is 0.335 e. The van der Waals surface area contributed by atoms with Crippen LogP contribution in [0, 0.1) is 0 Å². The SMILES string of the molecule is CNc1cncc(C2CCCN2Cc2ccc(C(=O)O)cc2)n1. The number of aromatic nitrogens is 2. The lowest BCUT2D eigenvalue weighted by molar-refractivity contribution is 0.0697. The zero-order chi connectivity index (χ0) is 16.2. The summed E-state index contributed by atoms with van der Waals surface area (Å²) in [6.07, 6.45) is 5.74. The van der Waals surface area contributed by atoms with Crippen LogP contribution < -0.4 is 5.32 Å². The van der Waals surface area contributed by atoms with Crippen molar-refractivity contribution >= 4 is 11.8 Å². The summed E-state index contributed by atoms with van der Waals surface area (Å²) >= 11 is 0. The zero-order valence-corrected chi connectivity index (χ0v) is 13.1. The Labute approximate surface area is 135 Å². The van der Waals surface area contributed by atoms with Gasteiger partial charge >= 0.3 is 5.97 Å². The number of carbonyl (C=O) groups is 1. The van der Waals surface area contributed by atoms with Crippen molar-refractivity contribution in [1.29, 1.82) is 0 Å². The highest BCUT2D eigenvalue weighted by Gasteiger charge is 2.27. The number of nitrogens with one attached hydrogen (secondary N) is 1. The van der Waals surface area contributed by atoms with E-state index in [2.05, 4.69) is 20.2 Å². The Morgan fingerprint density at radius 2 is 2.13 bits per heavy atom. The molecule has 1 aromatic heterocycles. The second-order valence-corrected chi connectivity index (χ2v) is 5.71. The van der Waals surface area contributed by atoms with Gasteiger partial charge in [-0.2, -0.15) is 0 Å². The molecular formula is C17H20N4O2. The molecule has 1 atom stereocenters. The van der Waals surface area contributed by atoms with Crippen molar-refractivity contribution in [3.05, 3.63) is 53.5 Å². The van der Waals surface area contributed by atoms with E-state index >= 15 is 0 Å². The molecule has 2 aromatic rings. The highest BCUT2D eigenvalue weighted by Crippen LogP contribution is 2.32. The number of carboxylic acids is 1. The van der Waals surface area contributed by atoms with E-state index in [-0.39, 0.29) is 6.04 Å². The van der Waals surface area contributed by atoms with E-state index in [4.69, 9.17) is 5.11 Å². The first-order valence-electron chi connectivity index (χ1n) is 7.73. The molecule has 0 bridgehead atoms. The summed E-state index contributed by atoms with van der Waals surface area (Å²) in [5.74, 6) is -0.116. The minimum absolute atomic E-state index is 0.259. The fourth-order valence-electron chi connectivity index (χ4n) is 3.00. The number of hydrogen-bond acceptors (Lipinski definition) is 5. The Morgan fingerprint density at radius 1 is 1.35 bits per heavy atom. The van der Waals surface area contributed by atoms with E-state index < -0.39 is 5.97 Å². The van der Waals surface area contributed by atoms with Crippen LogP contribution in [0.4, 0.5) is 5.82 Å². The van der Waals surface area contributed by atoms with E-state index in [1.807, 2.05) is 25.4 Å². The van der Waals surface area contributed by atoms with Crippen LogP contribution in [0.5, 0.6) is 0 Å². The van der Waals surface area contributed by atoms with Gasteiger partial charge in [-0.05, 0) is 37.1 Å². The van der Waals surface area contributed by atoms with Crippen LogP contribution in [-0.4, -0.2) is 39.5 Å². The molecule has 1 fully saturated rings. The summed E-state index contributed by atoms with van der Waals surface area (Å²) in [6, 6.07) is 7.34. The van der Waals surface area contributed by atoms with Crippen LogP contribution in [-0.2, 0) is 6.54 Å². The van der Waals surface area contributed by atoms with Gasteiger partial charge in [-0.15, -0.1) is 0 Å². The number of nitrogens with zero attached hydrogens (tertiary/aromatic N) is 3. The largest absolute Gasteiger partial charge is 0.478 e. The number of rotatable bonds is 5. The predicted molar refractivity (Wildman–Crippen MR) is 87.4 cm³/mol. The summed E-state index contributed by atoms with van der Waals surface area (Å²) in [7, 11) is 1.84. The fraction of sp³-hybridized carbons (Fsp3) is 0.353. The van der Waals surface area contributed by atoms with Gasteiger partial charge in [0.15, 0.2) is 0 Å². The van der Waals surface area contributed by atoms with Gasteiger partial charge in [-0.1, -0.05) is 12.1 Å². The topological polar surface area (TPSA) is 78.4 Å². The number of aromatic carboxylic acids is 1. The van der Waals surface area contributed by atoms with Crippen molar-refractivity contribution in [3.63, 3.8) is 0 Å². The Balaban J connectivity index is 1.74. The highest BCUT2D eigenvalue weighted by molar-refractivity contribution is 5.87. The molecule has 2 heterocycles. The molecule has 6 heteroatoms. The highest BCUT2D eigenvalue weighted by atomic mass is 16.4. The van der Waals surface area contributed by atoms with Gasteiger partial charge in [0.25, 0.3) is 0 Å². The summed E-state index contributed by atoms with van der Waals surface area (Å²) in [5.41, 5.74) is 2.41. The van der Waals surface area contributed by atoms with Crippen molar-refractivity contribution in [2.45, 2.75) is 25.4 Å². The van der Waals surface area contributed by atoms with Gasteiger partial charge in [-0.25, -0.2) is 9.78 Å². The van der Waals surface area contributed by atoms with E-state index in [1.54, 1.807) is 18.3 Å². The molecule has 120 valence electrons. The Hall–Kier alpha value is -2.47. The molecule has 6 nitrogen and oxygen atoms in total. The van der Waals surface area contributed by atoms with Crippen LogP contribution in [0.15, 0.2) is 36.7 Å². The van der Waals surface area contributed by atoms with Gasteiger partial charge in [0.2, 0.25) is 0 Å². The fourth-order valence-corrected chi connectivity index (χ4v) is 3.00. The maximum Gasteiger partial charge on any atom is 0.335 e. The number of likely N-dealkylation sites (tertiary alicyclic amines) is 1. The van der Waals surface area contributed by atoms with Crippen LogP contribution in [0.1, 0.15) is 40.5 Å². The minimum atomic E-state index is -0.894. The summed E-state index contributed by atoms with van der Waals surface area (Å²) in [4.78, 5) is 22.2. The molecule has 0 spiro atoms. The number of carboxylic acid groups (broad SMARTS) is 1. The molecule has 1 saturated heterocycles. The van der Waals surface area contributed by atoms with Gasteiger partial charge in [0.05, 0.1) is 29.7 Å². The third-order valence-electron chi connectivity index (χ3n) is 4.20. The molecule has 1 aromatic carbocycles. The van der Waals surface area contributed by atoms with Crippen molar-refractivity contribution < 1.29 is 9.90 Å². The summed E-state index contributed by atoms with van der Waals surface area (Å²) in [6.45, 7) is 1.80. The van der Waals surface area contributed by atoms with Gasteiger partial charge in [0, 0.05) is 13.6 Å².